The van der Waals surface area contributed by atoms with Gasteiger partial charge in [0.05, 0.1) is 5.69 Å². The lowest BCUT2D eigenvalue weighted by molar-refractivity contribution is 0.477. The summed E-state index contributed by atoms with van der Waals surface area (Å²) in [6, 6.07) is 7.78. The highest BCUT2D eigenvalue weighted by Gasteiger charge is 2.12. The lowest BCUT2D eigenvalue weighted by atomic mass is 9.98. The summed E-state index contributed by atoms with van der Waals surface area (Å²) in [5, 5.41) is 9.83. The van der Waals surface area contributed by atoms with E-state index in [4.69, 9.17) is 0 Å². The monoisotopic (exact) mass is 252 g/mol. The molecule has 0 unspecified atom stereocenters. The molecule has 19 heavy (non-hydrogen) atoms. The van der Waals surface area contributed by atoms with Gasteiger partial charge >= 0.3 is 0 Å². The standard InChI is InChI=1S/C16H16N2O/c1-10-7-11(2)15(12(3)8-10)13-9-18-6-4-5-14(19)16(18)17-13/h4-9,19H,1-3H3. The van der Waals surface area contributed by atoms with E-state index in [2.05, 4.69) is 37.9 Å². The number of fused-ring (bicyclic) bond motifs is 1. The molecule has 1 N–H and O–H groups in total. The molecule has 96 valence electrons. The van der Waals surface area contributed by atoms with Crippen molar-refractivity contribution in [3.8, 4) is 17.0 Å². The molecule has 0 fully saturated rings. The maximum atomic E-state index is 9.83. The molecule has 0 saturated carbocycles. The minimum Gasteiger partial charge on any atom is -0.504 e. The highest BCUT2D eigenvalue weighted by Crippen LogP contribution is 2.29. The summed E-state index contributed by atoms with van der Waals surface area (Å²) in [4.78, 5) is 4.55. The number of benzene rings is 1. The summed E-state index contributed by atoms with van der Waals surface area (Å²) < 4.78 is 1.85. The summed E-state index contributed by atoms with van der Waals surface area (Å²) in [6.45, 7) is 6.29. The molecule has 0 bridgehead atoms. The van der Waals surface area contributed by atoms with Gasteiger partial charge in [0, 0.05) is 18.0 Å². The molecular weight excluding hydrogens is 236 g/mol. The molecule has 1 aromatic carbocycles. The molecule has 0 aliphatic carbocycles. The second-order valence-corrected chi connectivity index (χ2v) is 5.02. The molecule has 3 aromatic rings. The number of aryl methyl sites for hydroxylation is 3. The van der Waals surface area contributed by atoms with E-state index in [1.54, 1.807) is 6.07 Å². The largest absolute Gasteiger partial charge is 0.504 e. The number of imidazole rings is 1. The summed E-state index contributed by atoms with van der Waals surface area (Å²) in [5.74, 6) is 0.205. The Balaban J connectivity index is 2.28. The lowest BCUT2D eigenvalue weighted by Gasteiger charge is -2.08. The van der Waals surface area contributed by atoms with Crippen LogP contribution in [0, 0.1) is 20.8 Å². The molecule has 0 aliphatic heterocycles. The molecule has 0 atom stereocenters. The van der Waals surface area contributed by atoms with Crippen LogP contribution in [0.1, 0.15) is 16.7 Å². The molecule has 2 heterocycles. The Bertz CT molecular complexity index is 749. The third-order valence-corrected chi connectivity index (χ3v) is 3.40. The third-order valence-electron chi connectivity index (χ3n) is 3.40. The topological polar surface area (TPSA) is 37.5 Å². The molecule has 0 spiro atoms. The Morgan fingerprint density at radius 1 is 1.11 bits per heavy atom. The fourth-order valence-corrected chi connectivity index (χ4v) is 2.70. The van der Waals surface area contributed by atoms with Crippen molar-refractivity contribution in [3.63, 3.8) is 0 Å². The van der Waals surface area contributed by atoms with Crippen molar-refractivity contribution >= 4 is 5.65 Å². The van der Waals surface area contributed by atoms with Crippen molar-refractivity contribution in [2.24, 2.45) is 0 Å². The summed E-state index contributed by atoms with van der Waals surface area (Å²) in [6.07, 6.45) is 3.85. The van der Waals surface area contributed by atoms with Gasteiger partial charge in [-0.1, -0.05) is 17.7 Å². The van der Waals surface area contributed by atoms with Crippen molar-refractivity contribution < 1.29 is 5.11 Å². The maximum Gasteiger partial charge on any atom is 0.180 e. The van der Waals surface area contributed by atoms with Gasteiger partial charge in [-0.15, -0.1) is 0 Å². The van der Waals surface area contributed by atoms with Crippen LogP contribution in [0.5, 0.6) is 5.75 Å². The molecule has 0 amide bonds. The minimum absolute atomic E-state index is 0.205. The average Bonchev–Trinajstić information content (AvgIpc) is 2.72. The number of hydrogen-bond acceptors (Lipinski definition) is 2. The highest BCUT2D eigenvalue weighted by atomic mass is 16.3. The normalized spacial score (nSPS) is 11.1. The predicted octanol–water partition coefficient (Wildman–Crippen LogP) is 3.63. The van der Waals surface area contributed by atoms with E-state index in [-0.39, 0.29) is 5.75 Å². The Labute approximate surface area is 112 Å². The second-order valence-electron chi connectivity index (χ2n) is 5.02. The number of nitrogens with zero attached hydrogens (tertiary/aromatic N) is 2. The molecular formula is C16H16N2O. The van der Waals surface area contributed by atoms with Gasteiger partial charge in [0.15, 0.2) is 11.4 Å². The smallest absolute Gasteiger partial charge is 0.180 e. The average molecular weight is 252 g/mol. The van der Waals surface area contributed by atoms with Crippen molar-refractivity contribution in [1.82, 2.24) is 9.38 Å². The van der Waals surface area contributed by atoms with Gasteiger partial charge < -0.3 is 9.51 Å². The molecule has 0 aliphatic rings. The highest BCUT2D eigenvalue weighted by molar-refractivity contribution is 5.71. The summed E-state index contributed by atoms with van der Waals surface area (Å²) in [7, 11) is 0. The van der Waals surface area contributed by atoms with E-state index >= 15 is 0 Å². The first-order valence-corrected chi connectivity index (χ1v) is 6.31. The van der Waals surface area contributed by atoms with E-state index in [1.165, 1.54) is 16.7 Å². The van der Waals surface area contributed by atoms with Crippen LogP contribution in [-0.2, 0) is 0 Å². The zero-order valence-electron chi connectivity index (χ0n) is 11.3. The molecule has 0 saturated heterocycles. The van der Waals surface area contributed by atoms with Crippen LogP contribution in [0.4, 0.5) is 0 Å². The van der Waals surface area contributed by atoms with Gasteiger partial charge in [-0.25, -0.2) is 4.98 Å². The van der Waals surface area contributed by atoms with Crippen molar-refractivity contribution in [3.05, 3.63) is 53.3 Å². The van der Waals surface area contributed by atoms with Gasteiger partial charge in [0.2, 0.25) is 0 Å². The first-order chi connectivity index (χ1) is 9.06. The van der Waals surface area contributed by atoms with Crippen LogP contribution in [0.3, 0.4) is 0 Å². The van der Waals surface area contributed by atoms with Gasteiger partial charge in [-0.05, 0) is 44.0 Å². The molecule has 3 rings (SSSR count). The van der Waals surface area contributed by atoms with Gasteiger partial charge in [-0.3, -0.25) is 0 Å². The molecule has 0 radical (unpaired) electrons. The van der Waals surface area contributed by atoms with E-state index in [9.17, 15) is 5.11 Å². The van der Waals surface area contributed by atoms with Crippen LogP contribution < -0.4 is 0 Å². The van der Waals surface area contributed by atoms with Crippen LogP contribution in [0.25, 0.3) is 16.9 Å². The molecule has 3 nitrogen and oxygen atoms in total. The lowest BCUT2D eigenvalue weighted by Crippen LogP contribution is -1.90. The number of pyridine rings is 1. The van der Waals surface area contributed by atoms with Crippen molar-refractivity contribution in [2.45, 2.75) is 20.8 Å². The summed E-state index contributed by atoms with van der Waals surface area (Å²) >= 11 is 0. The number of aromatic hydroxyl groups is 1. The third kappa shape index (κ3) is 1.87. The fourth-order valence-electron chi connectivity index (χ4n) is 2.70. The first-order valence-electron chi connectivity index (χ1n) is 6.31. The zero-order chi connectivity index (χ0) is 13.6. The maximum absolute atomic E-state index is 9.83. The first kappa shape index (κ1) is 11.8. The predicted molar refractivity (Wildman–Crippen MR) is 76.5 cm³/mol. The fraction of sp³-hybridized carbons (Fsp3) is 0.188. The van der Waals surface area contributed by atoms with Gasteiger partial charge in [0.1, 0.15) is 0 Å². The van der Waals surface area contributed by atoms with Crippen LogP contribution in [0.2, 0.25) is 0 Å². The number of rotatable bonds is 1. The van der Waals surface area contributed by atoms with E-state index < -0.39 is 0 Å². The molecule has 3 heteroatoms. The van der Waals surface area contributed by atoms with Crippen LogP contribution in [0.15, 0.2) is 36.7 Å². The van der Waals surface area contributed by atoms with Gasteiger partial charge in [0.25, 0.3) is 0 Å². The number of hydrogen-bond donors (Lipinski definition) is 1. The SMILES string of the molecule is Cc1cc(C)c(-c2cn3cccc(O)c3n2)c(C)c1. The van der Waals surface area contributed by atoms with E-state index in [0.717, 1.165) is 11.3 Å². The Morgan fingerprint density at radius 3 is 2.42 bits per heavy atom. The summed E-state index contributed by atoms with van der Waals surface area (Å²) in [5.41, 5.74) is 6.31. The quantitative estimate of drug-likeness (QED) is 0.718. The zero-order valence-corrected chi connectivity index (χ0v) is 11.3. The molecule has 2 aromatic heterocycles. The Hall–Kier alpha value is -2.29. The van der Waals surface area contributed by atoms with E-state index in [1.807, 2.05) is 22.9 Å². The Kier molecular flexibility index (Phi) is 2.56. The van der Waals surface area contributed by atoms with Crippen LogP contribution in [-0.4, -0.2) is 14.5 Å². The number of aromatic nitrogens is 2. The van der Waals surface area contributed by atoms with Crippen molar-refractivity contribution in [2.75, 3.05) is 0 Å². The van der Waals surface area contributed by atoms with E-state index in [0.29, 0.717) is 5.65 Å². The van der Waals surface area contributed by atoms with Crippen molar-refractivity contribution in [1.29, 1.82) is 0 Å². The van der Waals surface area contributed by atoms with Crippen LogP contribution >= 0.6 is 0 Å². The minimum atomic E-state index is 0.205. The second kappa shape index (κ2) is 4.12. The Morgan fingerprint density at radius 2 is 1.79 bits per heavy atom. The van der Waals surface area contributed by atoms with Gasteiger partial charge in [-0.2, -0.15) is 0 Å².